The molecule has 0 spiro atoms. The number of aliphatic hydroxyl groups is 1. The SMILES string of the molecule is OCc1cc(N2CCCCCCC2)ncc1Cl. The lowest BCUT2D eigenvalue weighted by atomic mass is 10.1. The van der Waals surface area contributed by atoms with Crippen molar-refractivity contribution in [1.29, 1.82) is 0 Å². The Morgan fingerprint density at radius 3 is 2.47 bits per heavy atom. The van der Waals surface area contributed by atoms with E-state index in [1.54, 1.807) is 6.20 Å². The quantitative estimate of drug-likeness (QED) is 0.882. The zero-order valence-corrected chi connectivity index (χ0v) is 10.8. The lowest BCUT2D eigenvalue weighted by molar-refractivity contribution is 0.282. The maximum absolute atomic E-state index is 9.21. The van der Waals surface area contributed by atoms with E-state index >= 15 is 0 Å². The summed E-state index contributed by atoms with van der Waals surface area (Å²) in [5, 5.41) is 9.76. The highest BCUT2D eigenvalue weighted by Gasteiger charge is 2.11. The summed E-state index contributed by atoms with van der Waals surface area (Å²) in [4.78, 5) is 6.67. The van der Waals surface area contributed by atoms with Gasteiger partial charge in [-0.15, -0.1) is 0 Å². The second-order valence-corrected chi connectivity index (χ2v) is 4.95. The Morgan fingerprint density at radius 1 is 1.18 bits per heavy atom. The van der Waals surface area contributed by atoms with Gasteiger partial charge in [0, 0.05) is 24.8 Å². The van der Waals surface area contributed by atoms with Gasteiger partial charge in [-0.1, -0.05) is 30.9 Å². The summed E-state index contributed by atoms with van der Waals surface area (Å²) in [5.74, 6) is 0.945. The van der Waals surface area contributed by atoms with Gasteiger partial charge in [-0.05, 0) is 18.9 Å². The van der Waals surface area contributed by atoms with E-state index in [2.05, 4.69) is 9.88 Å². The molecule has 17 heavy (non-hydrogen) atoms. The van der Waals surface area contributed by atoms with Crippen molar-refractivity contribution < 1.29 is 5.11 Å². The Balaban J connectivity index is 2.13. The molecule has 0 bridgehead atoms. The summed E-state index contributed by atoms with van der Waals surface area (Å²) in [6.07, 6.45) is 8.04. The molecule has 0 amide bonds. The van der Waals surface area contributed by atoms with Gasteiger partial charge in [0.15, 0.2) is 0 Å². The molecule has 0 atom stereocenters. The molecule has 4 heteroatoms. The van der Waals surface area contributed by atoms with Crippen LogP contribution in [-0.4, -0.2) is 23.2 Å². The van der Waals surface area contributed by atoms with Gasteiger partial charge < -0.3 is 10.0 Å². The molecule has 2 heterocycles. The minimum absolute atomic E-state index is 0.0256. The molecule has 1 aromatic rings. The molecule has 1 saturated heterocycles. The van der Waals surface area contributed by atoms with Gasteiger partial charge in [0.2, 0.25) is 0 Å². The Morgan fingerprint density at radius 2 is 1.82 bits per heavy atom. The van der Waals surface area contributed by atoms with Crippen LogP contribution in [0.4, 0.5) is 5.82 Å². The highest BCUT2D eigenvalue weighted by atomic mass is 35.5. The van der Waals surface area contributed by atoms with Gasteiger partial charge in [-0.2, -0.15) is 0 Å². The number of anilines is 1. The predicted molar refractivity (Wildman–Crippen MR) is 70.5 cm³/mol. The van der Waals surface area contributed by atoms with Crippen molar-refractivity contribution in [3.05, 3.63) is 22.8 Å². The summed E-state index contributed by atoms with van der Waals surface area (Å²) in [5.41, 5.74) is 0.763. The average Bonchev–Trinajstić information content (AvgIpc) is 2.30. The normalized spacial score (nSPS) is 17.6. The highest BCUT2D eigenvalue weighted by molar-refractivity contribution is 6.31. The van der Waals surface area contributed by atoms with Crippen LogP contribution in [0.3, 0.4) is 0 Å². The molecule has 3 nitrogen and oxygen atoms in total. The second-order valence-electron chi connectivity index (χ2n) is 4.55. The molecule has 1 aliphatic rings. The summed E-state index contributed by atoms with van der Waals surface area (Å²) in [6.45, 7) is 2.08. The van der Waals surface area contributed by atoms with Crippen molar-refractivity contribution in [2.45, 2.75) is 38.7 Å². The molecule has 1 aliphatic heterocycles. The number of nitrogens with zero attached hydrogens (tertiary/aromatic N) is 2. The molecule has 2 rings (SSSR count). The van der Waals surface area contributed by atoms with Crippen molar-refractivity contribution in [2.75, 3.05) is 18.0 Å². The van der Waals surface area contributed by atoms with Gasteiger partial charge in [-0.25, -0.2) is 4.98 Å². The summed E-state index contributed by atoms with van der Waals surface area (Å²) in [7, 11) is 0. The van der Waals surface area contributed by atoms with E-state index in [-0.39, 0.29) is 6.61 Å². The lowest BCUT2D eigenvalue weighted by Gasteiger charge is -2.26. The molecular weight excluding hydrogens is 236 g/mol. The van der Waals surface area contributed by atoms with Crippen LogP contribution in [0, 0.1) is 0 Å². The van der Waals surface area contributed by atoms with E-state index in [1.165, 1.54) is 32.1 Å². The monoisotopic (exact) mass is 254 g/mol. The predicted octanol–water partition coefficient (Wildman–Crippen LogP) is 3.00. The summed E-state index contributed by atoms with van der Waals surface area (Å²) >= 11 is 5.95. The Kier molecular flexibility index (Phi) is 4.63. The van der Waals surface area contributed by atoms with Crippen molar-refractivity contribution >= 4 is 17.4 Å². The number of pyridine rings is 1. The van der Waals surface area contributed by atoms with Gasteiger partial charge in [0.1, 0.15) is 5.82 Å². The first kappa shape index (κ1) is 12.7. The number of rotatable bonds is 2. The van der Waals surface area contributed by atoms with Gasteiger partial charge in [0.25, 0.3) is 0 Å². The van der Waals surface area contributed by atoms with E-state index in [0.717, 1.165) is 24.5 Å². The molecule has 0 aromatic carbocycles. The van der Waals surface area contributed by atoms with Gasteiger partial charge in [-0.3, -0.25) is 0 Å². The number of hydrogen-bond donors (Lipinski definition) is 1. The van der Waals surface area contributed by atoms with Gasteiger partial charge in [0.05, 0.1) is 11.6 Å². The van der Waals surface area contributed by atoms with E-state index in [9.17, 15) is 5.11 Å². The summed E-state index contributed by atoms with van der Waals surface area (Å²) in [6, 6.07) is 1.91. The van der Waals surface area contributed by atoms with Crippen molar-refractivity contribution in [1.82, 2.24) is 4.98 Å². The lowest BCUT2D eigenvalue weighted by Crippen LogP contribution is -2.27. The molecule has 0 aliphatic carbocycles. The minimum atomic E-state index is -0.0256. The van der Waals surface area contributed by atoms with Gasteiger partial charge >= 0.3 is 0 Å². The topological polar surface area (TPSA) is 36.4 Å². The first-order chi connectivity index (χ1) is 8.31. The zero-order chi connectivity index (χ0) is 12.1. The van der Waals surface area contributed by atoms with Crippen LogP contribution < -0.4 is 4.90 Å². The van der Waals surface area contributed by atoms with E-state index < -0.39 is 0 Å². The third-order valence-electron chi connectivity index (χ3n) is 3.27. The first-order valence-electron chi connectivity index (χ1n) is 6.31. The third-order valence-corrected chi connectivity index (χ3v) is 3.61. The standard InChI is InChI=1S/C13H19ClN2O/c14-12-9-15-13(8-11(12)10-17)16-6-4-2-1-3-5-7-16/h8-9,17H,1-7,10H2. The van der Waals surface area contributed by atoms with Crippen molar-refractivity contribution in [3.63, 3.8) is 0 Å². The second kappa shape index (κ2) is 6.22. The molecule has 1 aromatic heterocycles. The number of hydrogen-bond acceptors (Lipinski definition) is 3. The fraction of sp³-hybridized carbons (Fsp3) is 0.615. The van der Waals surface area contributed by atoms with Crippen LogP contribution in [-0.2, 0) is 6.61 Å². The molecule has 94 valence electrons. The third kappa shape index (κ3) is 3.33. The number of aromatic nitrogens is 1. The Hall–Kier alpha value is -0.800. The van der Waals surface area contributed by atoms with E-state index in [1.807, 2.05) is 6.07 Å². The van der Waals surface area contributed by atoms with E-state index in [0.29, 0.717) is 5.02 Å². The van der Waals surface area contributed by atoms with E-state index in [4.69, 9.17) is 11.6 Å². The molecule has 1 N–H and O–H groups in total. The van der Waals surface area contributed by atoms with Crippen LogP contribution >= 0.6 is 11.6 Å². The highest BCUT2D eigenvalue weighted by Crippen LogP contribution is 2.22. The fourth-order valence-corrected chi connectivity index (χ4v) is 2.40. The molecule has 0 radical (unpaired) electrons. The van der Waals surface area contributed by atoms with Crippen LogP contribution in [0.5, 0.6) is 0 Å². The Labute approximate surface area is 107 Å². The minimum Gasteiger partial charge on any atom is -0.392 e. The molecule has 0 saturated carbocycles. The summed E-state index contributed by atoms with van der Waals surface area (Å²) < 4.78 is 0. The van der Waals surface area contributed by atoms with Crippen molar-refractivity contribution in [2.24, 2.45) is 0 Å². The number of halogens is 1. The average molecular weight is 255 g/mol. The zero-order valence-electron chi connectivity index (χ0n) is 10.0. The first-order valence-corrected chi connectivity index (χ1v) is 6.69. The molecule has 1 fully saturated rings. The largest absolute Gasteiger partial charge is 0.392 e. The van der Waals surface area contributed by atoms with Crippen molar-refractivity contribution in [3.8, 4) is 0 Å². The molecular formula is C13H19ClN2O. The number of aliphatic hydroxyl groups excluding tert-OH is 1. The smallest absolute Gasteiger partial charge is 0.128 e. The maximum atomic E-state index is 9.21. The van der Waals surface area contributed by atoms with Crippen LogP contribution in [0.2, 0.25) is 5.02 Å². The maximum Gasteiger partial charge on any atom is 0.128 e. The fourth-order valence-electron chi connectivity index (χ4n) is 2.24. The molecule has 0 unspecified atom stereocenters. The van der Waals surface area contributed by atoms with Crippen LogP contribution in [0.15, 0.2) is 12.3 Å². The Bertz CT molecular complexity index is 362. The van der Waals surface area contributed by atoms with Crippen LogP contribution in [0.1, 0.15) is 37.7 Å². The van der Waals surface area contributed by atoms with Crippen LogP contribution in [0.25, 0.3) is 0 Å².